The number of rotatable bonds is 12. The molecule has 0 aromatic carbocycles. The van der Waals surface area contributed by atoms with E-state index in [2.05, 4.69) is 39.4 Å². The van der Waals surface area contributed by atoms with Crippen molar-refractivity contribution < 1.29 is 4.74 Å². The van der Waals surface area contributed by atoms with Crippen LogP contribution in [0.1, 0.15) is 39.0 Å². The molecule has 0 spiro atoms. The van der Waals surface area contributed by atoms with Gasteiger partial charge in [-0.15, -0.1) is 24.0 Å². The Morgan fingerprint density at radius 3 is 2.46 bits per heavy atom. The molecule has 1 fully saturated rings. The van der Waals surface area contributed by atoms with Gasteiger partial charge in [0, 0.05) is 46.9 Å². The van der Waals surface area contributed by atoms with E-state index in [4.69, 9.17) is 4.74 Å². The minimum Gasteiger partial charge on any atom is -0.385 e. The summed E-state index contributed by atoms with van der Waals surface area (Å²) in [6, 6.07) is 0. The molecule has 1 aliphatic rings. The van der Waals surface area contributed by atoms with E-state index in [0.717, 1.165) is 51.1 Å². The molecule has 0 amide bonds. The molecule has 0 aromatic rings. The van der Waals surface area contributed by atoms with Crippen LogP contribution in [0.15, 0.2) is 4.99 Å². The summed E-state index contributed by atoms with van der Waals surface area (Å²) < 4.78 is 5.09. The second-order valence-corrected chi connectivity index (χ2v) is 7.31. The molecule has 0 atom stereocenters. The van der Waals surface area contributed by atoms with Crippen molar-refractivity contribution in [1.82, 2.24) is 20.4 Å². The number of halogens is 1. The summed E-state index contributed by atoms with van der Waals surface area (Å²) in [7, 11) is 5.74. The van der Waals surface area contributed by atoms with E-state index in [-0.39, 0.29) is 24.0 Å². The van der Waals surface area contributed by atoms with Gasteiger partial charge in [0.25, 0.3) is 0 Å². The molecule has 2 N–H and O–H groups in total. The van der Waals surface area contributed by atoms with Gasteiger partial charge in [0.1, 0.15) is 0 Å². The van der Waals surface area contributed by atoms with Crippen LogP contribution in [-0.4, -0.2) is 89.4 Å². The highest BCUT2D eigenvalue weighted by Crippen LogP contribution is 2.15. The number of methoxy groups -OCH3 is 1. The maximum absolute atomic E-state index is 5.09. The largest absolute Gasteiger partial charge is 0.385 e. The number of nitrogens with zero attached hydrogens (tertiary/aromatic N) is 3. The lowest BCUT2D eigenvalue weighted by molar-refractivity contribution is 0.180. The maximum Gasteiger partial charge on any atom is 0.191 e. The Morgan fingerprint density at radius 2 is 1.81 bits per heavy atom. The second-order valence-electron chi connectivity index (χ2n) is 7.31. The van der Waals surface area contributed by atoms with Crippen LogP contribution in [0.3, 0.4) is 0 Å². The Bertz CT molecular complexity index is 349. The fraction of sp³-hybridized carbons (Fsp3) is 0.947. The maximum atomic E-state index is 5.09. The highest BCUT2D eigenvalue weighted by atomic mass is 127. The number of hydrogen-bond donors (Lipinski definition) is 2. The molecular formula is C19H42IN5O. The number of guanidine groups is 1. The van der Waals surface area contributed by atoms with Crippen molar-refractivity contribution in [3.63, 3.8) is 0 Å². The highest BCUT2D eigenvalue weighted by molar-refractivity contribution is 14.0. The first-order chi connectivity index (χ1) is 12.2. The van der Waals surface area contributed by atoms with Crippen molar-refractivity contribution in [3.05, 3.63) is 0 Å². The minimum absolute atomic E-state index is 0. The summed E-state index contributed by atoms with van der Waals surface area (Å²) in [6.45, 7) is 11.0. The zero-order valence-corrected chi connectivity index (χ0v) is 19.8. The molecule has 0 bridgehead atoms. The molecule has 0 radical (unpaired) electrons. The summed E-state index contributed by atoms with van der Waals surface area (Å²) in [4.78, 5) is 9.24. The summed E-state index contributed by atoms with van der Waals surface area (Å²) in [6.07, 6.45) is 6.28. The fourth-order valence-corrected chi connectivity index (χ4v) is 3.13. The van der Waals surface area contributed by atoms with Gasteiger partial charge >= 0.3 is 0 Å². The number of hydrogen-bond acceptors (Lipinski definition) is 4. The monoisotopic (exact) mass is 483 g/mol. The van der Waals surface area contributed by atoms with E-state index in [1.165, 1.54) is 45.3 Å². The zero-order valence-electron chi connectivity index (χ0n) is 17.4. The first-order valence-corrected chi connectivity index (χ1v) is 10.00. The smallest absolute Gasteiger partial charge is 0.191 e. The molecule has 0 aromatic heterocycles. The quantitative estimate of drug-likeness (QED) is 0.193. The summed E-state index contributed by atoms with van der Waals surface area (Å²) in [5.41, 5.74) is 0. The van der Waals surface area contributed by atoms with E-state index in [9.17, 15) is 0 Å². The van der Waals surface area contributed by atoms with Crippen molar-refractivity contribution in [2.24, 2.45) is 10.9 Å². The fourth-order valence-electron chi connectivity index (χ4n) is 3.13. The number of piperidine rings is 1. The first kappa shape index (κ1) is 25.9. The van der Waals surface area contributed by atoms with Gasteiger partial charge in [0.2, 0.25) is 0 Å². The van der Waals surface area contributed by atoms with Crippen LogP contribution in [0.2, 0.25) is 0 Å². The van der Waals surface area contributed by atoms with Gasteiger partial charge < -0.3 is 25.2 Å². The zero-order chi connectivity index (χ0) is 18.3. The third kappa shape index (κ3) is 13.1. The summed E-state index contributed by atoms with van der Waals surface area (Å²) >= 11 is 0. The number of likely N-dealkylation sites (tertiary alicyclic amines) is 1. The average Bonchev–Trinajstić information content (AvgIpc) is 2.61. The molecule has 7 heteroatoms. The lowest BCUT2D eigenvalue weighted by Crippen LogP contribution is -2.41. The highest BCUT2D eigenvalue weighted by Gasteiger charge is 2.14. The molecule has 1 rings (SSSR count). The molecule has 1 heterocycles. The van der Waals surface area contributed by atoms with Crippen molar-refractivity contribution in [2.45, 2.75) is 39.0 Å². The SMILES string of the molecule is CN=C(NCCCCN1CCC(C)CC1)NCCN(C)CCCOC.I. The van der Waals surface area contributed by atoms with E-state index in [1.807, 2.05) is 7.05 Å². The van der Waals surface area contributed by atoms with Crippen LogP contribution in [0, 0.1) is 5.92 Å². The van der Waals surface area contributed by atoms with Crippen LogP contribution in [0.4, 0.5) is 0 Å². The molecule has 26 heavy (non-hydrogen) atoms. The third-order valence-corrected chi connectivity index (χ3v) is 4.97. The Labute approximate surface area is 178 Å². The molecule has 0 aliphatic carbocycles. The number of nitrogens with one attached hydrogen (secondary N) is 2. The molecule has 0 saturated carbocycles. The number of likely N-dealkylation sites (N-methyl/N-ethyl adjacent to an activating group) is 1. The van der Waals surface area contributed by atoms with Crippen LogP contribution in [0.25, 0.3) is 0 Å². The van der Waals surface area contributed by atoms with E-state index >= 15 is 0 Å². The normalized spacial score (nSPS) is 16.6. The third-order valence-electron chi connectivity index (χ3n) is 4.97. The minimum atomic E-state index is 0. The first-order valence-electron chi connectivity index (χ1n) is 10.00. The Morgan fingerprint density at radius 1 is 1.12 bits per heavy atom. The van der Waals surface area contributed by atoms with Crippen molar-refractivity contribution in [1.29, 1.82) is 0 Å². The number of ether oxygens (including phenoxy) is 1. The molecule has 156 valence electrons. The van der Waals surface area contributed by atoms with Crippen molar-refractivity contribution >= 4 is 29.9 Å². The lowest BCUT2D eigenvalue weighted by atomic mass is 9.99. The van der Waals surface area contributed by atoms with Gasteiger partial charge in [-0.1, -0.05) is 6.92 Å². The van der Waals surface area contributed by atoms with Crippen LogP contribution < -0.4 is 10.6 Å². The molecule has 1 aliphatic heterocycles. The molecule has 0 unspecified atom stereocenters. The Balaban J connectivity index is 0.00000625. The van der Waals surface area contributed by atoms with Gasteiger partial charge in [-0.05, 0) is 64.7 Å². The van der Waals surface area contributed by atoms with Crippen molar-refractivity contribution in [2.75, 3.05) is 73.6 Å². The predicted molar refractivity (Wildman–Crippen MR) is 123 cm³/mol. The molecular weight excluding hydrogens is 441 g/mol. The second kappa shape index (κ2) is 17.0. The average molecular weight is 483 g/mol. The standard InChI is InChI=1S/C19H41N5O.HI/c1-18-8-14-24(15-9-18)13-6-5-10-21-19(20-2)22-11-16-23(3)12-7-17-25-4;/h18H,5-17H2,1-4H3,(H2,20,21,22);1H. The van der Waals surface area contributed by atoms with Gasteiger partial charge in [0.05, 0.1) is 0 Å². The lowest BCUT2D eigenvalue weighted by Gasteiger charge is -2.30. The van der Waals surface area contributed by atoms with E-state index in [0.29, 0.717) is 0 Å². The van der Waals surface area contributed by atoms with Crippen LogP contribution in [-0.2, 0) is 4.74 Å². The molecule has 6 nitrogen and oxygen atoms in total. The van der Waals surface area contributed by atoms with Crippen LogP contribution in [0.5, 0.6) is 0 Å². The number of aliphatic imine (C=N–C) groups is 1. The van der Waals surface area contributed by atoms with Gasteiger partial charge in [-0.2, -0.15) is 0 Å². The summed E-state index contributed by atoms with van der Waals surface area (Å²) in [5.74, 6) is 1.84. The van der Waals surface area contributed by atoms with Gasteiger partial charge in [-0.25, -0.2) is 0 Å². The van der Waals surface area contributed by atoms with E-state index < -0.39 is 0 Å². The van der Waals surface area contributed by atoms with Crippen molar-refractivity contribution in [3.8, 4) is 0 Å². The Hall–Kier alpha value is -0.120. The number of unbranched alkanes of at least 4 members (excludes halogenated alkanes) is 1. The van der Waals surface area contributed by atoms with Gasteiger partial charge in [-0.3, -0.25) is 4.99 Å². The predicted octanol–water partition coefficient (Wildman–Crippen LogP) is 2.25. The molecule has 1 saturated heterocycles. The van der Waals surface area contributed by atoms with E-state index in [1.54, 1.807) is 7.11 Å². The van der Waals surface area contributed by atoms with Crippen LogP contribution >= 0.6 is 24.0 Å². The summed E-state index contributed by atoms with van der Waals surface area (Å²) in [5, 5.41) is 6.81. The Kier molecular flexibility index (Phi) is 16.9. The topological polar surface area (TPSA) is 52.1 Å². The van der Waals surface area contributed by atoms with Gasteiger partial charge in [0.15, 0.2) is 5.96 Å².